The predicted molar refractivity (Wildman–Crippen MR) is 90.9 cm³/mol. The summed E-state index contributed by atoms with van der Waals surface area (Å²) in [4.78, 5) is 26.0. The number of carbonyl (C=O) groups is 2. The molecule has 1 saturated heterocycles. The summed E-state index contributed by atoms with van der Waals surface area (Å²) < 4.78 is 26.9. The highest BCUT2D eigenvalue weighted by Crippen LogP contribution is 2.23. The quantitative estimate of drug-likeness (QED) is 0.884. The van der Waals surface area contributed by atoms with Gasteiger partial charge in [-0.25, -0.2) is 8.78 Å². The Bertz CT molecular complexity index is 796. The summed E-state index contributed by atoms with van der Waals surface area (Å²) >= 11 is 0. The third kappa shape index (κ3) is 3.82. The highest BCUT2D eigenvalue weighted by Gasteiger charge is 2.26. The average molecular weight is 360 g/mol. The number of likely N-dealkylation sites (tertiary alicyclic amines) is 1. The lowest BCUT2D eigenvalue weighted by molar-refractivity contribution is 0.0697. The second-order valence-corrected chi connectivity index (χ2v) is 6.19. The maximum atomic E-state index is 13.4. The van der Waals surface area contributed by atoms with Gasteiger partial charge in [-0.05, 0) is 37.1 Å². The van der Waals surface area contributed by atoms with E-state index in [9.17, 15) is 18.4 Å². The molecule has 0 aromatic heterocycles. The molecule has 0 atom stereocenters. The number of hydrogen-bond acceptors (Lipinski definition) is 3. The molecular weight excluding hydrogens is 342 g/mol. The molecule has 2 aromatic carbocycles. The third-order valence-corrected chi connectivity index (χ3v) is 4.42. The van der Waals surface area contributed by atoms with Crippen LogP contribution in [-0.4, -0.2) is 41.0 Å². The van der Waals surface area contributed by atoms with Gasteiger partial charge in [0.25, 0.3) is 11.8 Å². The van der Waals surface area contributed by atoms with Crippen LogP contribution in [0, 0.1) is 11.6 Å². The molecule has 2 N–H and O–H groups in total. The zero-order valence-electron chi connectivity index (χ0n) is 13.9. The summed E-state index contributed by atoms with van der Waals surface area (Å²) in [7, 11) is 0. The van der Waals surface area contributed by atoms with E-state index in [-0.39, 0.29) is 17.5 Å². The van der Waals surface area contributed by atoms with E-state index in [2.05, 4.69) is 5.32 Å². The van der Waals surface area contributed by atoms with Crippen LogP contribution >= 0.6 is 0 Å². The van der Waals surface area contributed by atoms with Crippen molar-refractivity contribution in [2.24, 2.45) is 0 Å². The van der Waals surface area contributed by atoms with Gasteiger partial charge in [0.05, 0.1) is 0 Å². The SMILES string of the molecule is O=C(NC1CCN(C(=O)c2cc(F)c(O)c(F)c2)CC1)c1ccccc1. The molecule has 0 radical (unpaired) electrons. The molecule has 7 heteroatoms. The van der Waals surface area contributed by atoms with Crippen LogP contribution in [0.15, 0.2) is 42.5 Å². The second kappa shape index (κ2) is 7.51. The molecule has 0 unspecified atom stereocenters. The van der Waals surface area contributed by atoms with E-state index >= 15 is 0 Å². The summed E-state index contributed by atoms with van der Waals surface area (Å²) in [6.07, 6.45) is 1.10. The lowest BCUT2D eigenvalue weighted by atomic mass is 10.0. The van der Waals surface area contributed by atoms with Gasteiger partial charge in [-0.15, -0.1) is 0 Å². The number of halogens is 2. The first-order valence-electron chi connectivity index (χ1n) is 8.29. The number of amides is 2. The van der Waals surface area contributed by atoms with Gasteiger partial charge in [0.1, 0.15) is 0 Å². The Kier molecular flexibility index (Phi) is 5.16. The van der Waals surface area contributed by atoms with Crippen LogP contribution in [0.25, 0.3) is 0 Å². The van der Waals surface area contributed by atoms with Crippen molar-refractivity contribution in [2.75, 3.05) is 13.1 Å². The summed E-state index contributed by atoms with van der Waals surface area (Å²) in [5, 5.41) is 12.1. The number of aromatic hydroxyl groups is 1. The first-order valence-corrected chi connectivity index (χ1v) is 8.29. The molecular formula is C19H18F2N2O3. The normalized spacial score (nSPS) is 14.9. The molecule has 0 saturated carbocycles. The van der Waals surface area contributed by atoms with E-state index in [0.29, 0.717) is 31.5 Å². The number of benzene rings is 2. The highest BCUT2D eigenvalue weighted by molar-refractivity contribution is 5.95. The number of carbonyl (C=O) groups excluding carboxylic acids is 2. The Morgan fingerprint density at radius 3 is 2.15 bits per heavy atom. The van der Waals surface area contributed by atoms with Crippen molar-refractivity contribution in [2.45, 2.75) is 18.9 Å². The van der Waals surface area contributed by atoms with Gasteiger partial charge >= 0.3 is 0 Å². The van der Waals surface area contributed by atoms with Gasteiger partial charge < -0.3 is 15.3 Å². The van der Waals surface area contributed by atoms with Gasteiger partial charge in [-0.1, -0.05) is 18.2 Å². The smallest absolute Gasteiger partial charge is 0.254 e. The summed E-state index contributed by atoms with van der Waals surface area (Å²) in [6, 6.07) is 10.4. The van der Waals surface area contributed by atoms with Crippen LogP contribution in [0.3, 0.4) is 0 Å². The fraction of sp³-hybridized carbons (Fsp3) is 0.263. The van der Waals surface area contributed by atoms with Crippen molar-refractivity contribution in [3.63, 3.8) is 0 Å². The van der Waals surface area contributed by atoms with E-state index < -0.39 is 23.3 Å². The molecule has 26 heavy (non-hydrogen) atoms. The number of nitrogens with one attached hydrogen (secondary N) is 1. The maximum absolute atomic E-state index is 13.4. The molecule has 5 nitrogen and oxygen atoms in total. The summed E-state index contributed by atoms with van der Waals surface area (Å²) in [5.41, 5.74) is 0.422. The van der Waals surface area contributed by atoms with E-state index in [4.69, 9.17) is 5.11 Å². The van der Waals surface area contributed by atoms with E-state index in [1.165, 1.54) is 4.90 Å². The Labute approximate surface area is 149 Å². The molecule has 1 aliphatic heterocycles. The molecule has 1 aliphatic rings. The molecule has 2 aromatic rings. The number of nitrogens with zero attached hydrogens (tertiary/aromatic N) is 1. The first-order chi connectivity index (χ1) is 12.5. The number of phenolic OH excluding ortho intramolecular Hbond substituents is 1. The summed E-state index contributed by atoms with van der Waals surface area (Å²) in [5.74, 6) is -4.10. The van der Waals surface area contributed by atoms with Crippen molar-refractivity contribution in [1.29, 1.82) is 0 Å². The van der Waals surface area contributed by atoms with Crippen molar-refractivity contribution in [3.05, 3.63) is 65.2 Å². The minimum Gasteiger partial charge on any atom is -0.503 e. The van der Waals surface area contributed by atoms with Crippen LogP contribution in [0.2, 0.25) is 0 Å². The van der Waals surface area contributed by atoms with Gasteiger partial charge in [-0.3, -0.25) is 9.59 Å². The number of phenols is 1. The monoisotopic (exact) mass is 360 g/mol. The van der Waals surface area contributed by atoms with Crippen molar-refractivity contribution in [1.82, 2.24) is 10.2 Å². The van der Waals surface area contributed by atoms with Gasteiger partial charge in [0.15, 0.2) is 17.4 Å². The van der Waals surface area contributed by atoms with Gasteiger partial charge in [-0.2, -0.15) is 0 Å². The van der Waals surface area contributed by atoms with Crippen LogP contribution in [0.5, 0.6) is 5.75 Å². The second-order valence-electron chi connectivity index (χ2n) is 6.19. The molecule has 2 amide bonds. The lowest BCUT2D eigenvalue weighted by Gasteiger charge is -2.32. The minimum atomic E-state index is -1.17. The molecule has 136 valence electrons. The predicted octanol–water partition coefficient (Wildman–Crippen LogP) is 2.71. The molecule has 0 bridgehead atoms. The van der Waals surface area contributed by atoms with Crippen LogP contribution in [-0.2, 0) is 0 Å². The fourth-order valence-corrected chi connectivity index (χ4v) is 2.96. The molecule has 1 fully saturated rings. The van der Waals surface area contributed by atoms with Gasteiger partial charge in [0.2, 0.25) is 0 Å². The topological polar surface area (TPSA) is 69.6 Å². The Morgan fingerprint density at radius 1 is 1.00 bits per heavy atom. The number of piperidine rings is 1. The zero-order valence-corrected chi connectivity index (χ0v) is 13.9. The maximum Gasteiger partial charge on any atom is 0.254 e. The Hall–Kier alpha value is -2.96. The summed E-state index contributed by atoms with van der Waals surface area (Å²) in [6.45, 7) is 0.728. The zero-order chi connectivity index (χ0) is 18.7. The number of rotatable bonds is 3. The van der Waals surface area contributed by atoms with Crippen LogP contribution in [0.4, 0.5) is 8.78 Å². The van der Waals surface area contributed by atoms with E-state index in [0.717, 1.165) is 12.1 Å². The lowest BCUT2D eigenvalue weighted by Crippen LogP contribution is -2.46. The first kappa shape index (κ1) is 17.8. The molecule has 3 rings (SSSR count). The van der Waals surface area contributed by atoms with Crippen molar-refractivity contribution in [3.8, 4) is 5.75 Å². The molecule has 0 spiro atoms. The Morgan fingerprint density at radius 2 is 1.58 bits per heavy atom. The van der Waals surface area contributed by atoms with Crippen molar-refractivity contribution >= 4 is 11.8 Å². The van der Waals surface area contributed by atoms with E-state index in [1.54, 1.807) is 24.3 Å². The standard InChI is InChI=1S/C19H18F2N2O3/c20-15-10-13(11-16(21)17(15)24)19(26)23-8-6-14(7-9-23)22-18(25)12-4-2-1-3-5-12/h1-5,10-11,14,24H,6-9H2,(H,22,25). The molecule has 0 aliphatic carbocycles. The average Bonchev–Trinajstić information content (AvgIpc) is 2.66. The van der Waals surface area contributed by atoms with E-state index in [1.807, 2.05) is 6.07 Å². The van der Waals surface area contributed by atoms with Crippen LogP contribution in [0.1, 0.15) is 33.6 Å². The number of hydrogen-bond donors (Lipinski definition) is 2. The Balaban J connectivity index is 1.58. The minimum absolute atomic E-state index is 0.0694. The van der Waals surface area contributed by atoms with Crippen LogP contribution < -0.4 is 5.32 Å². The molecule has 1 heterocycles. The van der Waals surface area contributed by atoms with Gasteiger partial charge in [0, 0.05) is 30.3 Å². The highest BCUT2D eigenvalue weighted by atomic mass is 19.1. The fourth-order valence-electron chi connectivity index (χ4n) is 2.96. The van der Waals surface area contributed by atoms with Crippen molar-refractivity contribution < 1.29 is 23.5 Å². The third-order valence-electron chi connectivity index (χ3n) is 4.42. The largest absolute Gasteiger partial charge is 0.503 e.